The van der Waals surface area contributed by atoms with Gasteiger partial charge in [0.15, 0.2) is 0 Å². The lowest BCUT2D eigenvalue weighted by Crippen LogP contribution is -2.23. The van der Waals surface area contributed by atoms with E-state index in [1.54, 1.807) is 31.3 Å². The molecule has 0 radical (unpaired) electrons. The van der Waals surface area contributed by atoms with E-state index in [9.17, 15) is 4.79 Å². The molecule has 24 heavy (non-hydrogen) atoms. The van der Waals surface area contributed by atoms with Crippen LogP contribution in [0, 0.1) is 0 Å². The maximum absolute atomic E-state index is 12.2. The van der Waals surface area contributed by atoms with Gasteiger partial charge in [-0.25, -0.2) is 0 Å². The number of carbonyl (C=O) groups is 1. The van der Waals surface area contributed by atoms with Crippen molar-refractivity contribution in [3.63, 3.8) is 0 Å². The van der Waals surface area contributed by atoms with Crippen molar-refractivity contribution in [3.05, 3.63) is 36.2 Å². The molecule has 2 rings (SSSR count). The summed E-state index contributed by atoms with van der Waals surface area (Å²) in [5.41, 5.74) is 0.547. The molecule has 0 saturated carbocycles. The van der Waals surface area contributed by atoms with Crippen LogP contribution in [0.1, 0.15) is 18.5 Å². The molecular formula is C16H19N3O5. The van der Waals surface area contributed by atoms with Crippen LogP contribution in [-0.4, -0.2) is 48.4 Å². The molecule has 128 valence electrons. The minimum absolute atomic E-state index is 0.0217. The van der Waals surface area contributed by atoms with Crippen LogP contribution >= 0.6 is 0 Å². The number of hydrogen-bond donors (Lipinski definition) is 0. The first-order valence-corrected chi connectivity index (χ1v) is 7.35. The number of rotatable bonds is 8. The van der Waals surface area contributed by atoms with Gasteiger partial charge >= 0.3 is 12.0 Å². The van der Waals surface area contributed by atoms with Crippen LogP contribution in [0.25, 0.3) is 0 Å². The summed E-state index contributed by atoms with van der Waals surface area (Å²) in [5.74, 6) is -0.525. The molecule has 1 atom stereocenters. The monoisotopic (exact) mass is 333 g/mol. The third kappa shape index (κ3) is 4.55. The maximum atomic E-state index is 12.2. The van der Waals surface area contributed by atoms with E-state index in [1.165, 1.54) is 20.3 Å². The van der Waals surface area contributed by atoms with Crippen molar-refractivity contribution < 1.29 is 23.7 Å². The molecule has 0 aliphatic rings. The minimum atomic E-state index is -0.688. The second-order valence-corrected chi connectivity index (χ2v) is 4.61. The normalized spacial score (nSPS) is 11.5. The fourth-order valence-corrected chi connectivity index (χ4v) is 1.91. The van der Waals surface area contributed by atoms with E-state index in [-0.39, 0.29) is 19.2 Å². The van der Waals surface area contributed by atoms with Crippen LogP contribution < -0.4 is 14.2 Å². The van der Waals surface area contributed by atoms with Gasteiger partial charge in [-0.05, 0) is 19.1 Å². The highest BCUT2D eigenvalue weighted by Gasteiger charge is 2.25. The van der Waals surface area contributed by atoms with Crippen LogP contribution in [0.5, 0.6) is 17.8 Å². The average molecular weight is 333 g/mol. The topological polar surface area (TPSA) is 92.7 Å². The third-order valence-corrected chi connectivity index (χ3v) is 3.07. The SMILES string of the molecule is CCOC(=O)C(COc1nc(OC)cc(OC)n1)c1ccccn1. The number of hydrogen-bond acceptors (Lipinski definition) is 8. The molecule has 8 nitrogen and oxygen atoms in total. The standard InChI is InChI=1S/C16H19N3O5/c1-4-23-15(20)11(12-7-5-6-8-17-12)10-24-16-18-13(21-2)9-14(19-16)22-3/h5-9,11H,4,10H2,1-3H3. The van der Waals surface area contributed by atoms with Gasteiger partial charge in [0.1, 0.15) is 12.5 Å². The van der Waals surface area contributed by atoms with E-state index in [4.69, 9.17) is 18.9 Å². The van der Waals surface area contributed by atoms with E-state index in [0.29, 0.717) is 17.5 Å². The first-order valence-electron chi connectivity index (χ1n) is 7.35. The van der Waals surface area contributed by atoms with Crippen LogP contribution in [0.2, 0.25) is 0 Å². The highest BCUT2D eigenvalue weighted by molar-refractivity contribution is 5.77. The second kappa shape index (κ2) is 8.66. The molecule has 0 saturated heterocycles. The number of carbonyl (C=O) groups excluding carboxylic acids is 1. The van der Waals surface area contributed by atoms with Crippen LogP contribution in [0.4, 0.5) is 0 Å². The Balaban J connectivity index is 2.17. The van der Waals surface area contributed by atoms with Gasteiger partial charge in [0, 0.05) is 6.20 Å². The Morgan fingerprint density at radius 3 is 2.42 bits per heavy atom. The zero-order valence-electron chi connectivity index (χ0n) is 13.8. The lowest BCUT2D eigenvalue weighted by atomic mass is 10.1. The summed E-state index contributed by atoms with van der Waals surface area (Å²) in [6.45, 7) is 1.99. The molecule has 1 unspecified atom stereocenters. The van der Waals surface area contributed by atoms with Crippen LogP contribution in [0.3, 0.4) is 0 Å². The van der Waals surface area contributed by atoms with Crippen LogP contribution in [-0.2, 0) is 9.53 Å². The van der Waals surface area contributed by atoms with Crippen molar-refractivity contribution in [1.82, 2.24) is 15.0 Å². The number of pyridine rings is 1. The van der Waals surface area contributed by atoms with Crippen molar-refractivity contribution >= 4 is 5.97 Å². The van der Waals surface area contributed by atoms with E-state index in [0.717, 1.165) is 0 Å². The summed E-state index contributed by atoms with van der Waals surface area (Å²) in [6.07, 6.45) is 1.60. The highest BCUT2D eigenvalue weighted by Crippen LogP contribution is 2.21. The zero-order chi connectivity index (χ0) is 17.4. The van der Waals surface area contributed by atoms with Gasteiger partial charge in [-0.2, -0.15) is 9.97 Å². The lowest BCUT2D eigenvalue weighted by Gasteiger charge is -2.15. The fraction of sp³-hybridized carbons (Fsp3) is 0.375. The van der Waals surface area contributed by atoms with Gasteiger partial charge in [0.05, 0.1) is 32.6 Å². The largest absolute Gasteiger partial charge is 0.481 e. The summed E-state index contributed by atoms with van der Waals surface area (Å²) in [7, 11) is 2.95. The second-order valence-electron chi connectivity index (χ2n) is 4.61. The number of aromatic nitrogens is 3. The molecule has 0 fully saturated rings. The maximum Gasteiger partial charge on any atom is 0.323 e. The average Bonchev–Trinajstić information content (AvgIpc) is 2.62. The Kier molecular flexibility index (Phi) is 6.30. The predicted molar refractivity (Wildman–Crippen MR) is 84.2 cm³/mol. The molecule has 0 aromatic carbocycles. The van der Waals surface area contributed by atoms with Gasteiger partial charge < -0.3 is 18.9 Å². The Labute approximate surface area is 139 Å². The van der Waals surface area contributed by atoms with Gasteiger partial charge in [-0.1, -0.05) is 6.07 Å². The number of nitrogens with zero attached hydrogens (tertiary/aromatic N) is 3. The van der Waals surface area contributed by atoms with Crippen molar-refractivity contribution in [2.45, 2.75) is 12.8 Å². The summed E-state index contributed by atoms with van der Waals surface area (Å²) < 4.78 is 20.8. The van der Waals surface area contributed by atoms with E-state index in [1.807, 2.05) is 0 Å². The highest BCUT2D eigenvalue weighted by atomic mass is 16.5. The van der Waals surface area contributed by atoms with Crippen molar-refractivity contribution in [3.8, 4) is 17.8 Å². The lowest BCUT2D eigenvalue weighted by molar-refractivity contribution is -0.145. The molecule has 0 spiro atoms. The zero-order valence-corrected chi connectivity index (χ0v) is 13.8. The summed E-state index contributed by atoms with van der Waals surface area (Å²) >= 11 is 0. The molecular weight excluding hydrogens is 314 g/mol. The Bertz CT molecular complexity index is 644. The number of esters is 1. The summed E-state index contributed by atoms with van der Waals surface area (Å²) in [5, 5.41) is 0. The van der Waals surface area contributed by atoms with Gasteiger partial charge in [-0.3, -0.25) is 9.78 Å². The Morgan fingerprint density at radius 1 is 1.17 bits per heavy atom. The molecule has 0 amide bonds. The van der Waals surface area contributed by atoms with Crippen molar-refractivity contribution in [2.24, 2.45) is 0 Å². The third-order valence-electron chi connectivity index (χ3n) is 3.07. The smallest absolute Gasteiger partial charge is 0.323 e. The van der Waals surface area contributed by atoms with Gasteiger partial charge in [0.25, 0.3) is 0 Å². The summed E-state index contributed by atoms with van der Waals surface area (Å²) in [6, 6.07) is 6.85. The van der Waals surface area contributed by atoms with Crippen molar-refractivity contribution in [2.75, 3.05) is 27.4 Å². The molecule has 0 N–H and O–H groups in total. The predicted octanol–water partition coefficient (Wildman–Crippen LogP) is 1.61. The first kappa shape index (κ1) is 17.5. The first-order chi connectivity index (χ1) is 11.7. The van der Waals surface area contributed by atoms with E-state index >= 15 is 0 Å². The summed E-state index contributed by atoms with van der Waals surface area (Å²) in [4.78, 5) is 24.5. The number of ether oxygens (including phenoxy) is 4. The van der Waals surface area contributed by atoms with Gasteiger partial charge in [-0.15, -0.1) is 0 Å². The van der Waals surface area contributed by atoms with E-state index < -0.39 is 11.9 Å². The molecule has 0 aliphatic carbocycles. The van der Waals surface area contributed by atoms with E-state index in [2.05, 4.69) is 15.0 Å². The van der Waals surface area contributed by atoms with Crippen LogP contribution in [0.15, 0.2) is 30.5 Å². The quantitative estimate of drug-likeness (QED) is 0.673. The van der Waals surface area contributed by atoms with Crippen molar-refractivity contribution in [1.29, 1.82) is 0 Å². The minimum Gasteiger partial charge on any atom is -0.481 e. The fourth-order valence-electron chi connectivity index (χ4n) is 1.91. The molecule has 8 heteroatoms. The molecule has 0 bridgehead atoms. The molecule has 2 aromatic rings. The molecule has 2 heterocycles. The molecule has 0 aliphatic heterocycles. The molecule has 2 aromatic heterocycles. The number of methoxy groups -OCH3 is 2. The Morgan fingerprint density at radius 2 is 1.88 bits per heavy atom. The van der Waals surface area contributed by atoms with Gasteiger partial charge in [0.2, 0.25) is 11.8 Å². The Hall–Kier alpha value is -2.90.